The fourth-order valence-electron chi connectivity index (χ4n) is 4.02. The monoisotopic (exact) mass is 505 g/mol. The summed E-state index contributed by atoms with van der Waals surface area (Å²) in [5.41, 5.74) is 6.84. The summed E-state index contributed by atoms with van der Waals surface area (Å²) in [6.07, 6.45) is 7.54. The molecule has 0 heterocycles. The Bertz CT molecular complexity index is 719. The summed E-state index contributed by atoms with van der Waals surface area (Å²) in [5.74, 6) is 0. The van der Waals surface area contributed by atoms with Crippen LogP contribution in [0.4, 0.5) is 0 Å². The third kappa shape index (κ3) is 6.57. The Morgan fingerprint density at radius 3 is 1.31 bits per heavy atom. The van der Waals surface area contributed by atoms with E-state index in [4.69, 9.17) is 0 Å². The zero-order valence-electron chi connectivity index (χ0n) is 20.1. The zero-order chi connectivity index (χ0) is 21.7. The highest BCUT2D eigenvalue weighted by Gasteiger charge is 2.30. The van der Waals surface area contributed by atoms with E-state index in [1.54, 1.807) is 29.4 Å². The van der Waals surface area contributed by atoms with Crippen molar-refractivity contribution in [2.75, 3.05) is 0 Å². The summed E-state index contributed by atoms with van der Waals surface area (Å²) in [5, 5.41) is 0. The fraction of sp³-hybridized carbons (Fsp3) is 0.571. The maximum Gasteiger partial charge on any atom is 0.358 e. The van der Waals surface area contributed by atoms with Gasteiger partial charge in [0.25, 0.3) is 0 Å². The number of unbranched alkanes of at least 4 members (excludes halogenated alkanes) is 2. The van der Waals surface area contributed by atoms with Gasteiger partial charge in [-0.3, -0.25) is 0 Å². The molecule has 0 nitrogen and oxygen atoms in total. The van der Waals surface area contributed by atoms with E-state index < -0.39 is 0 Å². The molecular formula is C28H42I+. The molecule has 29 heavy (non-hydrogen) atoms. The molecule has 0 aliphatic heterocycles. The van der Waals surface area contributed by atoms with Crippen molar-refractivity contribution >= 4 is 0 Å². The molecule has 0 unspecified atom stereocenters. The number of halogens is 1. The molecule has 0 aliphatic rings. The van der Waals surface area contributed by atoms with E-state index in [1.807, 2.05) is 0 Å². The van der Waals surface area contributed by atoms with Gasteiger partial charge in [0.2, 0.25) is 0 Å². The Balaban J connectivity index is 2.56. The third-order valence-corrected chi connectivity index (χ3v) is 8.80. The second kappa shape index (κ2) is 10.5. The predicted molar refractivity (Wildman–Crippen MR) is 125 cm³/mol. The van der Waals surface area contributed by atoms with E-state index >= 15 is 0 Å². The Morgan fingerprint density at radius 1 is 0.621 bits per heavy atom. The van der Waals surface area contributed by atoms with Crippen LogP contribution >= 0.6 is 0 Å². The summed E-state index contributed by atoms with van der Waals surface area (Å²) in [7, 11) is 0. The lowest BCUT2D eigenvalue weighted by Crippen LogP contribution is -3.62. The minimum absolute atomic E-state index is 0.180. The summed E-state index contributed by atoms with van der Waals surface area (Å²) < 4.78 is 3.29. The standard InChI is InChI=1S/C28H42I/c1-9-11-15-21-23(27(3,4)5)17-13-19-25(21)29-26-20-14-18-24(28(6,7)8)22(26)16-12-10-2/h13-14,17-20H,9-12,15-16H2,1-8H3/q+1. The first-order chi connectivity index (χ1) is 13.6. The topological polar surface area (TPSA) is 0 Å². The molecule has 0 atom stereocenters. The number of rotatable bonds is 8. The average molecular weight is 506 g/mol. The SMILES string of the molecule is CCCCc1c([I+]c2cccc(C(C)(C)C)c2CCCC)cccc1C(C)(C)C. The van der Waals surface area contributed by atoms with E-state index in [9.17, 15) is 0 Å². The van der Waals surface area contributed by atoms with Gasteiger partial charge in [-0.15, -0.1) is 0 Å². The van der Waals surface area contributed by atoms with Crippen LogP contribution < -0.4 is 21.2 Å². The van der Waals surface area contributed by atoms with E-state index in [1.165, 1.54) is 38.5 Å². The van der Waals surface area contributed by atoms with Crippen LogP contribution in [-0.4, -0.2) is 0 Å². The average Bonchev–Trinajstić information content (AvgIpc) is 2.64. The second-order valence-corrected chi connectivity index (χ2v) is 13.2. The van der Waals surface area contributed by atoms with Gasteiger partial charge in [0.15, 0.2) is 7.14 Å². The van der Waals surface area contributed by atoms with Crippen LogP contribution in [0.2, 0.25) is 0 Å². The van der Waals surface area contributed by atoms with Crippen LogP contribution in [0.1, 0.15) is 103 Å². The van der Waals surface area contributed by atoms with Crippen molar-refractivity contribution in [2.45, 2.75) is 105 Å². The molecule has 2 aromatic rings. The first-order valence-corrected chi connectivity index (χ1v) is 13.6. The van der Waals surface area contributed by atoms with Gasteiger partial charge in [-0.2, -0.15) is 0 Å². The minimum atomic E-state index is -0.180. The molecule has 160 valence electrons. The van der Waals surface area contributed by atoms with Gasteiger partial charge in [0.1, 0.15) is 0 Å². The largest absolute Gasteiger partial charge is 0.358 e. The van der Waals surface area contributed by atoms with Crippen LogP contribution in [0.5, 0.6) is 0 Å². The molecule has 0 amide bonds. The highest BCUT2D eigenvalue weighted by Crippen LogP contribution is 2.28. The summed E-state index contributed by atoms with van der Waals surface area (Å²) in [6.45, 7) is 18.8. The third-order valence-electron chi connectivity index (χ3n) is 5.62. The summed E-state index contributed by atoms with van der Waals surface area (Å²) in [4.78, 5) is 0. The molecule has 0 aromatic heterocycles. The first-order valence-electron chi connectivity index (χ1n) is 11.5. The maximum atomic E-state index is 2.43. The normalized spacial score (nSPS) is 12.4. The molecule has 0 saturated carbocycles. The predicted octanol–water partition coefficient (Wildman–Crippen LogP) is 5.10. The van der Waals surface area contributed by atoms with Crippen molar-refractivity contribution in [1.82, 2.24) is 0 Å². The summed E-state index contributed by atoms with van der Waals surface area (Å²) in [6, 6.07) is 14.2. The van der Waals surface area contributed by atoms with Crippen LogP contribution in [0.15, 0.2) is 36.4 Å². The molecule has 0 N–H and O–H groups in total. The van der Waals surface area contributed by atoms with Crippen molar-refractivity contribution < 1.29 is 21.2 Å². The lowest BCUT2D eigenvalue weighted by atomic mass is 9.82. The first kappa shape index (κ1) is 24.4. The van der Waals surface area contributed by atoms with Gasteiger partial charge >= 0.3 is 21.2 Å². The Morgan fingerprint density at radius 2 is 1.00 bits per heavy atom. The van der Waals surface area contributed by atoms with Crippen LogP contribution in [-0.2, 0) is 23.7 Å². The van der Waals surface area contributed by atoms with Crippen molar-refractivity contribution in [2.24, 2.45) is 0 Å². The van der Waals surface area contributed by atoms with Crippen molar-refractivity contribution in [1.29, 1.82) is 0 Å². The van der Waals surface area contributed by atoms with E-state index in [-0.39, 0.29) is 32.0 Å². The molecule has 0 bridgehead atoms. The van der Waals surface area contributed by atoms with Gasteiger partial charge in [-0.05, 0) is 59.8 Å². The summed E-state index contributed by atoms with van der Waals surface area (Å²) >= 11 is -0.180. The van der Waals surface area contributed by atoms with Crippen molar-refractivity contribution in [3.63, 3.8) is 0 Å². The van der Waals surface area contributed by atoms with Gasteiger partial charge in [0.05, 0.1) is 0 Å². The van der Waals surface area contributed by atoms with Crippen LogP contribution in [0.3, 0.4) is 0 Å². The molecule has 0 fully saturated rings. The number of benzene rings is 2. The van der Waals surface area contributed by atoms with E-state index in [2.05, 4.69) is 91.8 Å². The van der Waals surface area contributed by atoms with Gasteiger partial charge < -0.3 is 0 Å². The van der Waals surface area contributed by atoms with Crippen LogP contribution in [0, 0.1) is 7.14 Å². The van der Waals surface area contributed by atoms with Crippen molar-refractivity contribution in [3.8, 4) is 0 Å². The van der Waals surface area contributed by atoms with Crippen molar-refractivity contribution in [3.05, 3.63) is 65.8 Å². The lowest BCUT2D eigenvalue weighted by molar-refractivity contribution is -0.599. The molecule has 2 rings (SSSR count). The smallest absolute Gasteiger partial charge is 0.0654 e. The van der Waals surface area contributed by atoms with E-state index in [0.717, 1.165) is 0 Å². The quantitative estimate of drug-likeness (QED) is 0.439. The minimum Gasteiger partial charge on any atom is -0.0654 e. The zero-order valence-corrected chi connectivity index (χ0v) is 22.2. The Kier molecular flexibility index (Phi) is 8.82. The highest BCUT2D eigenvalue weighted by atomic mass is 127. The lowest BCUT2D eigenvalue weighted by Gasteiger charge is -2.24. The number of hydrogen-bond acceptors (Lipinski definition) is 0. The highest BCUT2D eigenvalue weighted by molar-refractivity contribution is 5.34. The Labute approximate surface area is 191 Å². The second-order valence-electron chi connectivity index (χ2n) is 10.3. The van der Waals surface area contributed by atoms with E-state index in [0.29, 0.717) is 0 Å². The van der Waals surface area contributed by atoms with Gasteiger partial charge in [0, 0.05) is 11.1 Å². The number of hydrogen-bond donors (Lipinski definition) is 0. The Hall–Kier alpha value is -0.830. The molecule has 0 radical (unpaired) electrons. The van der Waals surface area contributed by atoms with Gasteiger partial charge in [-0.1, -0.05) is 92.5 Å². The maximum absolute atomic E-state index is 2.43. The molecule has 1 heteroatoms. The molecule has 2 aromatic carbocycles. The fourth-order valence-corrected chi connectivity index (χ4v) is 7.20. The molecular weight excluding hydrogens is 463 g/mol. The van der Waals surface area contributed by atoms with Gasteiger partial charge in [-0.25, -0.2) is 0 Å². The molecule has 0 aliphatic carbocycles. The molecule has 0 saturated heterocycles. The van der Waals surface area contributed by atoms with Crippen LogP contribution in [0.25, 0.3) is 0 Å². The molecule has 0 spiro atoms.